The van der Waals surface area contributed by atoms with E-state index in [1.54, 1.807) is 38.4 Å². The van der Waals surface area contributed by atoms with Gasteiger partial charge in [-0.25, -0.2) is 0 Å². The van der Waals surface area contributed by atoms with Crippen molar-refractivity contribution >= 4 is 17.5 Å². The maximum Gasteiger partial charge on any atom is 0.393 e. The SMILES string of the molecule is CN(C)C(=O)c1ccc(NC(=O)CN2CCC[C@H](C(F)(F)F)C2)cc1. The summed E-state index contributed by atoms with van der Waals surface area (Å²) < 4.78 is 38.4. The number of amides is 2. The van der Waals surface area contributed by atoms with Gasteiger partial charge in [-0.1, -0.05) is 0 Å². The minimum Gasteiger partial charge on any atom is -0.345 e. The Morgan fingerprint density at radius 1 is 1.24 bits per heavy atom. The van der Waals surface area contributed by atoms with Crippen molar-refractivity contribution < 1.29 is 22.8 Å². The molecule has 1 saturated heterocycles. The number of carbonyl (C=O) groups is 2. The zero-order valence-electron chi connectivity index (χ0n) is 14.3. The molecule has 1 aromatic carbocycles. The average molecular weight is 357 g/mol. The van der Waals surface area contributed by atoms with Gasteiger partial charge in [-0.3, -0.25) is 14.5 Å². The van der Waals surface area contributed by atoms with Gasteiger partial charge in [-0.2, -0.15) is 13.2 Å². The van der Waals surface area contributed by atoms with E-state index in [0.717, 1.165) is 0 Å². The van der Waals surface area contributed by atoms with E-state index < -0.39 is 12.1 Å². The standard InChI is InChI=1S/C17H22F3N3O2/c1-22(2)16(25)12-5-7-14(8-6-12)21-15(24)11-23-9-3-4-13(10-23)17(18,19)20/h5-8,13H,3-4,9-11H2,1-2H3,(H,21,24)/t13-/m0/s1. The minimum absolute atomic E-state index is 0.0784. The van der Waals surface area contributed by atoms with Crippen LogP contribution >= 0.6 is 0 Å². The number of piperidine rings is 1. The molecule has 138 valence electrons. The van der Waals surface area contributed by atoms with Gasteiger partial charge in [-0.15, -0.1) is 0 Å². The Morgan fingerprint density at radius 2 is 1.88 bits per heavy atom. The normalized spacial score (nSPS) is 18.7. The molecule has 1 fully saturated rings. The fourth-order valence-electron chi connectivity index (χ4n) is 2.82. The van der Waals surface area contributed by atoms with Crippen molar-refractivity contribution in [2.24, 2.45) is 5.92 Å². The molecular formula is C17H22F3N3O2. The van der Waals surface area contributed by atoms with Crippen LogP contribution in [-0.4, -0.2) is 61.5 Å². The highest BCUT2D eigenvalue weighted by Crippen LogP contribution is 2.32. The predicted octanol–water partition coefficient (Wildman–Crippen LogP) is 2.60. The third-order valence-electron chi connectivity index (χ3n) is 4.16. The van der Waals surface area contributed by atoms with Gasteiger partial charge < -0.3 is 10.2 Å². The third kappa shape index (κ3) is 5.45. The first-order valence-corrected chi connectivity index (χ1v) is 8.07. The molecular weight excluding hydrogens is 335 g/mol. The van der Waals surface area contributed by atoms with Crippen LogP contribution in [0.3, 0.4) is 0 Å². The Bertz CT molecular complexity index is 615. The molecule has 1 aliphatic heterocycles. The topological polar surface area (TPSA) is 52.7 Å². The molecule has 1 N–H and O–H groups in total. The highest BCUT2D eigenvalue weighted by molar-refractivity contribution is 5.96. The number of hydrogen-bond donors (Lipinski definition) is 1. The molecule has 0 radical (unpaired) electrons. The molecule has 25 heavy (non-hydrogen) atoms. The number of likely N-dealkylation sites (tertiary alicyclic amines) is 1. The smallest absolute Gasteiger partial charge is 0.345 e. The summed E-state index contributed by atoms with van der Waals surface area (Å²) in [7, 11) is 3.29. The molecule has 5 nitrogen and oxygen atoms in total. The number of benzene rings is 1. The Morgan fingerprint density at radius 3 is 2.44 bits per heavy atom. The maximum atomic E-state index is 12.8. The van der Waals surface area contributed by atoms with E-state index in [2.05, 4.69) is 5.32 Å². The Balaban J connectivity index is 1.89. The lowest BCUT2D eigenvalue weighted by Crippen LogP contribution is -2.44. The summed E-state index contributed by atoms with van der Waals surface area (Å²) >= 11 is 0. The summed E-state index contributed by atoms with van der Waals surface area (Å²) in [5.41, 5.74) is 0.997. The average Bonchev–Trinajstić information content (AvgIpc) is 2.54. The Labute approximate surface area is 144 Å². The minimum atomic E-state index is -4.22. The summed E-state index contributed by atoms with van der Waals surface area (Å²) in [5.74, 6) is -1.88. The highest BCUT2D eigenvalue weighted by atomic mass is 19.4. The maximum absolute atomic E-state index is 12.8. The predicted molar refractivity (Wildman–Crippen MR) is 88.3 cm³/mol. The van der Waals surface area contributed by atoms with E-state index in [1.165, 1.54) is 9.80 Å². The first-order valence-electron chi connectivity index (χ1n) is 8.07. The highest BCUT2D eigenvalue weighted by Gasteiger charge is 2.41. The lowest BCUT2D eigenvalue weighted by atomic mass is 9.97. The van der Waals surface area contributed by atoms with Crippen molar-refractivity contribution in [2.75, 3.05) is 39.0 Å². The van der Waals surface area contributed by atoms with Gasteiger partial charge in [0.15, 0.2) is 0 Å². The summed E-state index contributed by atoms with van der Waals surface area (Å²) in [6.45, 7) is 0.258. The molecule has 0 aromatic heterocycles. The number of hydrogen-bond acceptors (Lipinski definition) is 3. The molecule has 0 unspecified atom stereocenters. The summed E-state index contributed by atoms with van der Waals surface area (Å²) in [6, 6.07) is 6.39. The van der Waals surface area contributed by atoms with Gasteiger partial charge >= 0.3 is 6.18 Å². The number of nitrogens with one attached hydrogen (secondary N) is 1. The second kappa shape index (κ2) is 7.86. The fraction of sp³-hybridized carbons (Fsp3) is 0.529. The van der Waals surface area contributed by atoms with Crippen molar-refractivity contribution in [2.45, 2.75) is 19.0 Å². The first-order chi connectivity index (χ1) is 11.7. The first kappa shape index (κ1) is 19.2. The zero-order valence-corrected chi connectivity index (χ0v) is 14.3. The molecule has 2 rings (SSSR count). The number of rotatable bonds is 4. The molecule has 0 saturated carbocycles. The van der Waals surface area contributed by atoms with Crippen LogP contribution in [0.5, 0.6) is 0 Å². The molecule has 8 heteroatoms. The second-order valence-electron chi connectivity index (χ2n) is 6.44. The second-order valence-corrected chi connectivity index (χ2v) is 6.44. The van der Waals surface area contributed by atoms with Gasteiger partial charge in [-0.05, 0) is 43.7 Å². The molecule has 1 atom stereocenters. The third-order valence-corrected chi connectivity index (χ3v) is 4.16. The summed E-state index contributed by atoms with van der Waals surface area (Å²) in [5, 5.41) is 2.65. The van der Waals surface area contributed by atoms with Crippen LogP contribution in [0.15, 0.2) is 24.3 Å². The molecule has 2 amide bonds. The molecule has 1 aromatic rings. The van der Waals surface area contributed by atoms with Crippen LogP contribution in [0, 0.1) is 5.92 Å². The number of anilines is 1. The molecule has 0 aliphatic carbocycles. The van der Waals surface area contributed by atoms with Crippen molar-refractivity contribution in [3.63, 3.8) is 0 Å². The van der Waals surface area contributed by atoms with Crippen molar-refractivity contribution in [3.8, 4) is 0 Å². The van der Waals surface area contributed by atoms with Crippen LogP contribution in [-0.2, 0) is 4.79 Å². The summed E-state index contributed by atoms with van der Waals surface area (Å²) in [4.78, 5) is 26.8. The molecule has 0 spiro atoms. The van der Waals surface area contributed by atoms with E-state index in [1.807, 2.05) is 0 Å². The lowest BCUT2D eigenvalue weighted by molar-refractivity contribution is -0.186. The van der Waals surface area contributed by atoms with E-state index in [0.29, 0.717) is 24.2 Å². The van der Waals surface area contributed by atoms with E-state index in [9.17, 15) is 22.8 Å². The van der Waals surface area contributed by atoms with Crippen LogP contribution in [0.4, 0.5) is 18.9 Å². The van der Waals surface area contributed by atoms with Gasteiger partial charge in [0, 0.05) is 31.9 Å². The number of carbonyl (C=O) groups excluding carboxylic acids is 2. The monoisotopic (exact) mass is 357 g/mol. The summed E-state index contributed by atoms with van der Waals surface area (Å²) in [6.07, 6.45) is -3.67. The molecule has 0 bridgehead atoms. The number of alkyl halides is 3. The van der Waals surface area contributed by atoms with Crippen LogP contribution in [0.2, 0.25) is 0 Å². The van der Waals surface area contributed by atoms with Crippen molar-refractivity contribution in [3.05, 3.63) is 29.8 Å². The van der Waals surface area contributed by atoms with Crippen LogP contribution in [0.25, 0.3) is 0 Å². The van der Waals surface area contributed by atoms with E-state index in [-0.39, 0.29) is 31.3 Å². The van der Waals surface area contributed by atoms with Crippen LogP contribution < -0.4 is 5.32 Å². The van der Waals surface area contributed by atoms with Gasteiger partial charge in [0.1, 0.15) is 0 Å². The largest absolute Gasteiger partial charge is 0.393 e. The fourth-order valence-corrected chi connectivity index (χ4v) is 2.82. The van der Waals surface area contributed by atoms with Crippen molar-refractivity contribution in [1.82, 2.24) is 9.80 Å². The van der Waals surface area contributed by atoms with E-state index >= 15 is 0 Å². The van der Waals surface area contributed by atoms with Gasteiger partial charge in [0.2, 0.25) is 5.91 Å². The number of halogens is 3. The zero-order chi connectivity index (χ0) is 18.6. The van der Waals surface area contributed by atoms with E-state index in [4.69, 9.17) is 0 Å². The Kier molecular flexibility index (Phi) is 6.05. The quantitative estimate of drug-likeness (QED) is 0.901. The molecule has 1 aliphatic rings. The number of nitrogens with zero attached hydrogens (tertiary/aromatic N) is 2. The van der Waals surface area contributed by atoms with Crippen LogP contribution in [0.1, 0.15) is 23.2 Å². The Hall–Kier alpha value is -2.09. The van der Waals surface area contributed by atoms with Crippen molar-refractivity contribution in [1.29, 1.82) is 0 Å². The molecule has 1 heterocycles. The van der Waals surface area contributed by atoms with Gasteiger partial charge in [0.05, 0.1) is 12.5 Å². The lowest BCUT2D eigenvalue weighted by Gasteiger charge is -2.33. The van der Waals surface area contributed by atoms with Gasteiger partial charge in [0.25, 0.3) is 5.91 Å².